The summed E-state index contributed by atoms with van der Waals surface area (Å²) in [5.74, 6) is -0.488. The number of ether oxygens (including phenoxy) is 1. The van der Waals surface area contributed by atoms with Crippen molar-refractivity contribution in [2.45, 2.75) is 18.5 Å². The van der Waals surface area contributed by atoms with E-state index >= 15 is 0 Å². The van der Waals surface area contributed by atoms with Crippen LogP contribution in [0.4, 0.5) is 8.78 Å². The molecule has 0 radical (unpaired) electrons. The number of fused-ring (bicyclic) bond motifs is 3. The van der Waals surface area contributed by atoms with Gasteiger partial charge in [0.25, 0.3) is 0 Å². The monoisotopic (exact) mass is 372 g/mol. The highest BCUT2D eigenvalue weighted by Crippen LogP contribution is 2.49. The number of benzene rings is 2. The van der Waals surface area contributed by atoms with Crippen molar-refractivity contribution in [3.8, 4) is 0 Å². The van der Waals surface area contributed by atoms with Gasteiger partial charge in [-0.3, -0.25) is 9.69 Å². The Morgan fingerprint density at radius 3 is 2.74 bits per heavy atom. The Bertz CT molecular complexity index is 858. The van der Waals surface area contributed by atoms with Gasteiger partial charge in [0.2, 0.25) is 5.91 Å². The number of hydrogen-bond donors (Lipinski definition) is 1. The van der Waals surface area contributed by atoms with Crippen LogP contribution >= 0.6 is 0 Å². The molecule has 0 spiro atoms. The van der Waals surface area contributed by atoms with Gasteiger partial charge in [-0.25, -0.2) is 8.78 Å². The molecule has 1 N–H and O–H groups in total. The maximum atomic E-state index is 14.0. The van der Waals surface area contributed by atoms with Gasteiger partial charge in [-0.2, -0.15) is 0 Å². The molecule has 0 saturated carbocycles. The number of nitrogens with one attached hydrogen (secondary N) is 1. The van der Waals surface area contributed by atoms with E-state index in [1.165, 1.54) is 24.8 Å². The van der Waals surface area contributed by atoms with Crippen molar-refractivity contribution < 1.29 is 18.3 Å². The molecule has 4 rings (SSSR count). The molecule has 1 amide bonds. The first-order valence-corrected chi connectivity index (χ1v) is 9.10. The standard InChI is InChI=1S/C21H22F2N2O2/c1-27-12-20(26)24-21-16-5-3-2-4-15(16)17-10-25(11-18(17)21)9-13-8-14(22)6-7-19(13)23/h2-8,17-18,21H,9-12H2,1H3,(H,24,26)/t17-,18-,21+/m0/s1. The highest BCUT2D eigenvalue weighted by Gasteiger charge is 2.46. The van der Waals surface area contributed by atoms with Crippen molar-refractivity contribution in [3.63, 3.8) is 0 Å². The number of hydrogen-bond acceptors (Lipinski definition) is 3. The average Bonchev–Trinajstić information content (AvgIpc) is 3.17. The highest BCUT2D eigenvalue weighted by molar-refractivity contribution is 5.78. The Kier molecular flexibility index (Phi) is 4.93. The number of methoxy groups -OCH3 is 1. The molecule has 1 fully saturated rings. The molecule has 3 atom stereocenters. The molecule has 0 bridgehead atoms. The van der Waals surface area contributed by atoms with Gasteiger partial charge in [-0.05, 0) is 29.3 Å². The van der Waals surface area contributed by atoms with Crippen molar-refractivity contribution in [3.05, 3.63) is 70.8 Å². The van der Waals surface area contributed by atoms with Crippen molar-refractivity contribution >= 4 is 5.91 Å². The smallest absolute Gasteiger partial charge is 0.246 e. The minimum atomic E-state index is -0.430. The summed E-state index contributed by atoms with van der Waals surface area (Å²) in [6, 6.07) is 11.6. The van der Waals surface area contributed by atoms with Gasteiger partial charge < -0.3 is 10.1 Å². The zero-order valence-corrected chi connectivity index (χ0v) is 15.1. The first-order chi connectivity index (χ1) is 13.1. The average molecular weight is 372 g/mol. The molecule has 0 aromatic heterocycles. The zero-order chi connectivity index (χ0) is 19.0. The lowest BCUT2D eigenvalue weighted by Crippen LogP contribution is -2.35. The molecule has 1 aliphatic carbocycles. The Morgan fingerprint density at radius 1 is 1.19 bits per heavy atom. The Labute approximate surface area is 157 Å². The second kappa shape index (κ2) is 7.37. The van der Waals surface area contributed by atoms with Crippen LogP contribution in [0.5, 0.6) is 0 Å². The van der Waals surface area contributed by atoms with Gasteiger partial charge in [0.15, 0.2) is 0 Å². The van der Waals surface area contributed by atoms with Crippen LogP contribution in [0.1, 0.15) is 28.7 Å². The lowest BCUT2D eigenvalue weighted by molar-refractivity contribution is -0.125. The van der Waals surface area contributed by atoms with E-state index in [1.807, 2.05) is 12.1 Å². The first kappa shape index (κ1) is 18.1. The second-order valence-electron chi connectivity index (χ2n) is 7.31. The number of rotatable bonds is 5. The third-order valence-corrected chi connectivity index (χ3v) is 5.59. The molecule has 0 unspecified atom stereocenters. The predicted molar refractivity (Wildman–Crippen MR) is 97.1 cm³/mol. The maximum absolute atomic E-state index is 14.0. The van der Waals surface area contributed by atoms with Crippen LogP contribution in [0.25, 0.3) is 0 Å². The van der Waals surface area contributed by atoms with Crippen LogP contribution < -0.4 is 5.32 Å². The third-order valence-electron chi connectivity index (χ3n) is 5.59. The lowest BCUT2D eigenvalue weighted by atomic mass is 9.94. The van der Waals surface area contributed by atoms with Crippen LogP contribution in [0.2, 0.25) is 0 Å². The van der Waals surface area contributed by atoms with Crippen LogP contribution in [-0.4, -0.2) is 37.6 Å². The van der Waals surface area contributed by atoms with Crippen molar-refractivity contribution in [1.82, 2.24) is 10.2 Å². The molecule has 142 valence electrons. The Balaban J connectivity index is 1.55. The Hall–Kier alpha value is -2.31. The molecule has 27 heavy (non-hydrogen) atoms. The quantitative estimate of drug-likeness (QED) is 0.877. The van der Waals surface area contributed by atoms with Gasteiger partial charge in [0.1, 0.15) is 18.2 Å². The van der Waals surface area contributed by atoms with Crippen LogP contribution in [0.3, 0.4) is 0 Å². The number of amides is 1. The van der Waals surface area contributed by atoms with E-state index < -0.39 is 5.82 Å². The number of nitrogens with zero attached hydrogens (tertiary/aromatic N) is 1. The van der Waals surface area contributed by atoms with E-state index in [1.54, 1.807) is 0 Å². The molecule has 1 saturated heterocycles. The molecular weight excluding hydrogens is 350 g/mol. The van der Waals surface area contributed by atoms with Gasteiger partial charge in [-0.1, -0.05) is 24.3 Å². The summed E-state index contributed by atoms with van der Waals surface area (Å²) in [4.78, 5) is 14.2. The van der Waals surface area contributed by atoms with Crippen LogP contribution in [-0.2, 0) is 16.1 Å². The molecule has 4 nitrogen and oxygen atoms in total. The summed E-state index contributed by atoms with van der Waals surface area (Å²) in [6.45, 7) is 1.85. The molecule has 2 aliphatic rings. The van der Waals surface area contributed by atoms with Crippen molar-refractivity contribution in [2.24, 2.45) is 5.92 Å². The fraction of sp³-hybridized carbons (Fsp3) is 0.381. The van der Waals surface area contributed by atoms with Crippen molar-refractivity contribution in [2.75, 3.05) is 26.8 Å². The van der Waals surface area contributed by atoms with E-state index in [0.29, 0.717) is 18.7 Å². The third kappa shape index (κ3) is 3.47. The van der Waals surface area contributed by atoms with E-state index in [9.17, 15) is 13.6 Å². The summed E-state index contributed by atoms with van der Waals surface area (Å²) in [6.07, 6.45) is 0. The van der Waals surface area contributed by atoms with Crippen molar-refractivity contribution in [1.29, 1.82) is 0 Å². The number of carbonyl (C=O) groups is 1. The fourth-order valence-corrected chi connectivity index (χ4v) is 4.51. The van der Waals surface area contributed by atoms with E-state index in [2.05, 4.69) is 22.3 Å². The maximum Gasteiger partial charge on any atom is 0.246 e. The molecule has 2 aromatic carbocycles. The number of likely N-dealkylation sites (tertiary alicyclic amines) is 1. The van der Waals surface area contributed by atoms with Crippen LogP contribution in [0, 0.1) is 17.6 Å². The fourth-order valence-electron chi connectivity index (χ4n) is 4.51. The number of halogens is 2. The first-order valence-electron chi connectivity index (χ1n) is 9.10. The summed E-state index contributed by atoms with van der Waals surface area (Å²) in [7, 11) is 1.50. The number of carbonyl (C=O) groups excluding carboxylic acids is 1. The molecule has 1 heterocycles. The van der Waals surface area contributed by atoms with Gasteiger partial charge in [-0.15, -0.1) is 0 Å². The molecular formula is C21H22F2N2O2. The predicted octanol–water partition coefficient (Wildman–Crippen LogP) is 3.00. The summed E-state index contributed by atoms with van der Waals surface area (Å²) >= 11 is 0. The van der Waals surface area contributed by atoms with Gasteiger partial charge >= 0.3 is 0 Å². The largest absolute Gasteiger partial charge is 0.375 e. The van der Waals surface area contributed by atoms with Crippen LogP contribution in [0.15, 0.2) is 42.5 Å². The minimum absolute atomic E-state index is 0.0221. The highest BCUT2D eigenvalue weighted by atomic mass is 19.1. The molecule has 6 heteroatoms. The normalized spacial score (nSPS) is 23.9. The summed E-state index contributed by atoms with van der Waals surface area (Å²) in [5, 5.41) is 3.09. The topological polar surface area (TPSA) is 41.6 Å². The SMILES string of the molecule is COCC(=O)N[C@@H]1c2ccccc2[C@@H]2CN(Cc3cc(F)ccc3F)C[C@H]12. The van der Waals surface area contributed by atoms with E-state index in [0.717, 1.165) is 18.2 Å². The Morgan fingerprint density at radius 2 is 1.96 bits per heavy atom. The summed E-state index contributed by atoms with van der Waals surface area (Å²) in [5.41, 5.74) is 2.74. The summed E-state index contributed by atoms with van der Waals surface area (Å²) < 4.78 is 32.4. The van der Waals surface area contributed by atoms with E-state index in [-0.39, 0.29) is 36.2 Å². The van der Waals surface area contributed by atoms with Gasteiger partial charge in [0.05, 0.1) is 6.04 Å². The lowest BCUT2D eigenvalue weighted by Gasteiger charge is -2.23. The molecule has 2 aromatic rings. The minimum Gasteiger partial charge on any atom is -0.375 e. The second-order valence-corrected chi connectivity index (χ2v) is 7.31. The zero-order valence-electron chi connectivity index (χ0n) is 15.1. The van der Waals surface area contributed by atoms with Gasteiger partial charge in [0, 0.05) is 44.1 Å². The van der Waals surface area contributed by atoms with E-state index in [4.69, 9.17) is 4.74 Å². The molecule has 1 aliphatic heterocycles.